The molecule has 1 aromatic rings. The average Bonchev–Trinajstić information content (AvgIpc) is 2.86. The number of hydrogen-bond donors (Lipinski definition) is 4. The van der Waals surface area contributed by atoms with Crippen molar-refractivity contribution in [2.45, 2.75) is 104 Å². The van der Waals surface area contributed by atoms with Gasteiger partial charge in [-0.25, -0.2) is 4.79 Å². The van der Waals surface area contributed by atoms with E-state index in [0.717, 1.165) is 5.56 Å². The molecule has 5 N–H and O–H groups in total. The Bertz CT molecular complexity index is 992. The molecule has 0 fully saturated rings. The third-order valence-corrected chi connectivity index (χ3v) is 6.05. The highest BCUT2D eigenvalue weighted by Crippen LogP contribution is 2.13. The van der Waals surface area contributed by atoms with Crippen LogP contribution in [-0.4, -0.2) is 53.5 Å². The van der Waals surface area contributed by atoms with E-state index in [9.17, 15) is 24.0 Å². The van der Waals surface area contributed by atoms with Gasteiger partial charge in [0.15, 0.2) is 0 Å². The molecule has 4 unspecified atom stereocenters. The van der Waals surface area contributed by atoms with Crippen LogP contribution in [0.3, 0.4) is 0 Å². The molecule has 0 aromatic heterocycles. The first-order valence-corrected chi connectivity index (χ1v) is 13.7. The Morgan fingerprint density at radius 3 is 2.05 bits per heavy atom. The van der Waals surface area contributed by atoms with Crippen LogP contribution in [0.4, 0.5) is 4.79 Å². The number of amides is 4. The van der Waals surface area contributed by atoms with Gasteiger partial charge < -0.3 is 31.2 Å². The van der Waals surface area contributed by atoms with E-state index in [4.69, 9.17) is 15.2 Å². The van der Waals surface area contributed by atoms with Crippen molar-refractivity contribution >= 4 is 29.8 Å². The minimum absolute atomic E-state index is 0.0578. The van der Waals surface area contributed by atoms with Crippen molar-refractivity contribution in [1.82, 2.24) is 16.0 Å². The average molecular weight is 563 g/mol. The first-order valence-electron chi connectivity index (χ1n) is 13.7. The summed E-state index contributed by atoms with van der Waals surface area (Å²) < 4.78 is 10.5. The predicted molar refractivity (Wildman–Crippen MR) is 151 cm³/mol. The lowest BCUT2D eigenvalue weighted by Crippen LogP contribution is -2.58. The molecule has 4 amide bonds. The SMILES string of the molecule is CCC(C)C(NC(=O)C(CC(C)C)NC(=O)OC(C)(C)C)C(=O)NC(CCC(=O)OCc1ccccc1)C(N)=O. The summed E-state index contributed by atoms with van der Waals surface area (Å²) >= 11 is 0. The fourth-order valence-corrected chi connectivity index (χ4v) is 3.73. The van der Waals surface area contributed by atoms with Gasteiger partial charge in [-0.2, -0.15) is 0 Å². The standard InChI is InChI=1S/C29H46N4O7/c1-8-19(4)24(33-26(36)22(16-18(2)3)32-28(38)40-29(5,6)7)27(37)31-21(25(30)35)14-15-23(34)39-17-20-12-10-9-11-13-20/h9-13,18-19,21-22,24H,8,14-17H2,1-7H3,(H2,30,35)(H,31,37)(H,32,38)(H,33,36). The van der Waals surface area contributed by atoms with Crippen LogP contribution in [0, 0.1) is 11.8 Å². The van der Waals surface area contributed by atoms with Crippen molar-refractivity contribution in [2.75, 3.05) is 0 Å². The van der Waals surface area contributed by atoms with E-state index in [1.54, 1.807) is 27.7 Å². The highest BCUT2D eigenvalue weighted by Gasteiger charge is 2.33. The van der Waals surface area contributed by atoms with Crippen LogP contribution >= 0.6 is 0 Å². The van der Waals surface area contributed by atoms with E-state index in [-0.39, 0.29) is 31.3 Å². The van der Waals surface area contributed by atoms with E-state index in [2.05, 4.69) is 16.0 Å². The molecular weight excluding hydrogens is 516 g/mol. The van der Waals surface area contributed by atoms with Gasteiger partial charge in [-0.3, -0.25) is 19.2 Å². The molecule has 0 spiro atoms. The molecule has 0 heterocycles. The normalized spacial score (nSPS) is 14.3. The number of ether oxygens (including phenoxy) is 2. The Morgan fingerprint density at radius 2 is 1.52 bits per heavy atom. The first kappa shape index (κ1) is 34.4. The molecule has 40 heavy (non-hydrogen) atoms. The van der Waals surface area contributed by atoms with Crippen molar-refractivity contribution in [3.63, 3.8) is 0 Å². The Hall–Kier alpha value is -3.63. The molecule has 0 radical (unpaired) electrons. The van der Waals surface area contributed by atoms with Gasteiger partial charge >= 0.3 is 12.1 Å². The molecule has 1 rings (SSSR count). The molecule has 224 valence electrons. The molecule has 0 saturated heterocycles. The Labute approximate surface area is 237 Å². The van der Waals surface area contributed by atoms with Gasteiger partial charge in [0.1, 0.15) is 30.3 Å². The Kier molecular flexibility index (Phi) is 14.2. The number of carbonyl (C=O) groups is 5. The highest BCUT2D eigenvalue weighted by molar-refractivity contribution is 5.93. The van der Waals surface area contributed by atoms with Gasteiger partial charge in [0, 0.05) is 6.42 Å². The van der Waals surface area contributed by atoms with E-state index < -0.39 is 53.5 Å². The maximum Gasteiger partial charge on any atom is 0.408 e. The summed E-state index contributed by atoms with van der Waals surface area (Å²) in [6.45, 7) is 12.7. The highest BCUT2D eigenvalue weighted by atomic mass is 16.6. The number of hydrogen-bond acceptors (Lipinski definition) is 7. The van der Waals surface area contributed by atoms with Crippen molar-refractivity contribution < 1.29 is 33.4 Å². The summed E-state index contributed by atoms with van der Waals surface area (Å²) in [6, 6.07) is 6.03. The molecule has 11 heteroatoms. The second-order valence-electron chi connectivity index (χ2n) is 11.3. The molecule has 11 nitrogen and oxygen atoms in total. The zero-order valence-electron chi connectivity index (χ0n) is 24.7. The maximum atomic E-state index is 13.2. The van der Waals surface area contributed by atoms with Crippen LogP contribution in [0.15, 0.2) is 30.3 Å². The molecule has 0 aliphatic heterocycles. The largest absolute Gasteiger partial charge is 0.461 e. The smallest absolute Gasteiger partial charge is 0.408 e. The third kappa shape index (κ3) is 13.4. The topological polar surface area (TPSA) is 166 Å². The van der Waals surface area contributed by atoms with E-state index >= 15 is 0 Å². The summed E-state index contributed by atoms with van der Waals surface area (Å²) in [5.41, 5.74) is 5.57. The lowest BCUT2D eigenvalue weighted by atomic mass is 9.96. The van der Waals surface area contributed by atoms with E-state index in [1.807, 2.05) is 51.1 Å². The minimum Gasteiger partial charge on any atom is -0.461 e. The van der Waals surface area contributed by atoms with Gasteiger partial charge in [0.25, 0.3) is 0 Å². The van der Waals surface area contributed by atoms with Gasteiger partial charge in [-0.05, 0) is 51.0 Å². The number of nitrogens with two attached hydrogens (primary N) is 1. The molecule has 0 bridgehead atoms. The number of nitrogens with one attached hydrogen (secondary N) is 3. The van der Waals surface area contributed by atoms with Crippen LogP contribution in [0.1, 0.15) is 79.7 Å². The molecule has 1 aromatic carbocycles. The molecular formula is C29H46N4O7. The zero-order valence-corrected chi connectivity index (χ0v) is 24.7. The van der Waals surface area contributed by atoms with Crippen LogP contribution < -0.4 is 21.7 Å². The Morgan fingerprint density at radius 1 is 0.900 bits per heavy atom. The third-order valence-electron chi connectivity index (χ3n) is 6.05. The summed E-state index contributed by atoms with van der Waals surface area (Å²) in [6.07, 6.45) is -0.0938. The van der Waals surface area contributed by atoms with Crippen LogP contribution in [-0.2, 0) is 35.3 Å². The summed E-state index contributed by atoms with van der Waals surface area (Å²) in [7, 11) is 0. The quantitative estimate of drug-likeness (QED) is 0.239. The summed E-state index contributed by atoms with van der Waals surface area (Å²) in [5.74, 6) is -2.79. The van der Waals surface area contributed by atoms with Gasteiger partial charge in [-0.1, -0.05) is 64.4 Å². The second-order valence-corrected chi connectivity index (χ2v) is 11.3. The fourth-order valence-electron chi connectivity index (χ4n) is 3.73. The second kappa shape index (κ2) is 16.5. The van der Waals surface area contributed by atoms with Gasteiger partial charge in [-0.15, -0.1) is 0 Å². The zero-order chi connectivity index (χ0) is 30.5. The summed E-state index contributed by atoms with van der Waals surface area (Å²) in [5, 5.41) is 7.88. The monoisotopic (exact) mass is 562 g/mol. The number of alkyl carbamates (subject to hydrolysis) is 1. The minimum atomic E-state index is -1.15. The number of carbonyl (C=O) groups excluding carboxylic acids is 5. The van der Waals surface area contributed by atoms with E-state index in [0.29, 0.717) is 12.8 Å². The molecule has 0 aliphatic carbocycles. The van der Waals surface area contributed by atoms with Gasteiger partial charge in [0.2, 0.25) is 17.7 Å². The lowest BCUT2D eigenvalue weighted by Gasteiger charge is -2.29. The number of rotatable bonds is 15. The predicted octanol–water partition coefficient (Wildman–Crippen LogP) is 2.95. The van der Waals surface area contributed by atoms with Crippen LogP contribution in [0.5, 0.6) is 0 Å². The van der Waals surface area contributed by atoms with Crippen molar-refractivity contribution in [3.8, 4) is 0 Å². The van der Waals surface area contributed by atoms with Crippen LogP contribution in [0.25, 0.3) is 0 Å². The fraction of sp³-hybridized carbons (Fsp3) is 0.621. The number of esters is 1. The molecule has 0 saturated carbocycles. The molecule has 0 aliphatic rings. The van der Waals surface area contributed by atoms with Crippen molar-refractivity contribution in [2.24, 2.45) is 17.6 Å². The van der Waals surface area contributed by atoms with Crippen LogP contribution in [0.2, 0.25) is 0 Å². The van der Waals surface area contributed by atoms with Crippen molar-refractivity contribution in [3.05, 3.63) is 35.9 Å². The van der Waals surface area contributed by atoms with Crippen molar-refractivity contribution in [1.29, 1.82) is 0 Å². The number of primary amides is 1. The Balaban J connectivity index is 2.87. The van der Waals surface area contributed by atoms with E-state index in [1.165, 1.54) is 0 Å². The maximum absolute atomic E-state index is 13.2. The van der Waals surface area contributed by atoms with Gasteiger partial charge in [0.05, 0.1) is 0 Å². The molecule has 4 atom stereocenters. The first-order chi connectivity index (χ1) is 18.6. The lowest BCUT2D eigenvalue weighted by molar-refractivity contribution is -0.145. The number of benzene rings is 1. The summed E-state index contributed by atoms with van der Waals surface area (Å²) in [4.78, 5) is 63.1.